The molecule has 2 heterocycles. The first-order valence-electron chi connectivity index (χ1n) is 7.63. The Hall–Kier alpha value is -1.95. The van der Waals surface area contributed by atoms with Gasteiger partial charge in [0, 0.05) is 34.9 Å². The number of carbonyl (C=O) groups is 1. The number of nitrogens with one attached hydrogen (secondary N) is 2. The highest BCUT2D eigenvalue weighted by Crippen LogP contribution is 2.40. The lowest BCUT2D eigenvalue weighted by Gasteiger charge is -2.35. The Balaban J connectivity index is 1.39. The minimum atomic E-state index is -0.0577. The Morgan fingerprint density at radius 1 is 1.32 bits per heavy atom. The highest BCUT2D eigenvalue weighted by Gasteiger charge is 2.34. The average molecular weight is 315 g/mol. The van der Waals surface area contributed by atoms with Crippen LogP contribution in [0.15, 0.2) is 27.7 Å². The van der Waals surface area contributed by atoms with Gasteiger partial charge in [-0.3, -0.25) is 9.59 Å². The molecule has 0 unspecified atom stereocenters. The quantitative estimate of drug-likeness (QED) is 0.909. The van der Waals surface area contributed by atoms with Gasteiger partial charge >= 0.3 is 0 Å². The van der Waals surface area contributed by atoms with Gasteiger partial charge in [0.25, 0.3) is 11.5 Å². The molecule has 0 spiro atoms. The molecule has 114 valence electrons. The second-order valence-electron chi connectivity index (χ2n) is 6.18. The van der Waals surface area contributed by atoms with Crippen LogP contribution in [0.1, 0.15) is 59.4 Å². The van der Waals surface area contributed by atoms with Crippen LogP contribution in [0.3, 0.4) is 0 Å². The van der Waals surface area contributed by atoms with Gasteiger partial charge in [0.05, 0.1) is 5.69 Å². The standard InChI is InChI=1S/C16H17N3O2S/c20-14-7-13(18-15(19-14)9-1-2-9)11-5-12(6-11)17-16(21)10-3-4-22-8-10/h3-4,7-9,11-12H,1-2,5-6H2,(H,17,21)(H,18,19,20). The number of nitrogens with zero attached hydrogens (tertiary/aromatic N) is 1. The maximum absolute atomic E-state index is 12.0. The summed E-state index contributed by atoms with van der Waals surface area (Å²) in [7, 11) is 0. The molecular weight excluding hydrogens is 298 g/mol. The first-order chi connectivity index (χ1) is 10.7. The van der Waals surface area contributed by atoms with Crippen LogP contribution < -0.4 is 10.9 Å². The Morgan fingerprint density at radius 2 is 2.14 bits per heavy atom. The van der Waals surface area contributed by atoms with Crippen molar-refractivity contribution in [1.82, 2.24) is 15.3 Å². The fourth-order valence-electron chi connectivity index (χ4n) is 2.89. The first-order valence-corrected chi connectivity index (χ1v) is 8.57. The highest BCUT2D eigenvalue weighted by molar-refractivity contribution is 7.08. The Bertz CT molecular complexity index is 743. The number of rotatable bonds is 4. The van der Waals surface area contributed by atoms with Crippen molar-refractivity contribution in [1.29, 1.82) is 0 Å². The summed E-state index contributed by atoms with van der Waals surface area (Å²) in [4.78, 5) is 31.2. The lowest BCUT2D eigenvalue weighted by atomic mass is 9.78. The predicted molar refractivity (Wildman–Crippen MR) is 84.4 cm³/mol. The Morgan fingerprint density at radius 3 is 2.82 bits per heavy atom. The Kier molecular flexibility index (Phi) is 3.33. The van der Waals surface area contributed by atoms with Gasteiger partial charge in [0.2, 0.25) is 0 Å². The molecule has 2 aromatic heterocycles. The van der Waals surface area contributed by atoms with Gasteiger partial charge in [-0.2, -0.15) is 11.3 Å². The molecular formula is C16H17N3O2S. The van der Waals surface area contributed by atoms with Crippen molar-refractivity contribution in [3.63, 3.8) is 0 Å². The molecule has 0 aliphatic heterocycles. The monoisotopic (exact) mass is 315 g/mol. The van der Waals surface area contributed by atoms with Crippen molar-refractivity contribution in [3.8, 4) is 0 Å². The van der Waals surface area contributed by atoms with E-state index in [0.717, 1.165) is 42.8 Å². The van der Waals surface area contributed by atoms with Crippen molar-refractivity contribution in [2.45, 2.75) is 43.6 Å². The van der Waals surface area contributed by atoms with Gasteiger partial charge in [0.1, 0.15) is 5.82 Å². The largest absolute Gasteiger partial charge is 0.349 e. The molecule has 0 bridgehead atoms. The predicted octanol–water partition coefficient (Wildman–Crippen LogP) is 2.38. The van der Waals surface area contributed by atoms with Gasteiger partial charge < -0.3 is 10.3 Å². The molecule has 4 rings (SSSR count). The molecule has 5 nitrogen and oxygen atoms in total. The molecule has 2 aromatic rings. The number of amides is 1. The first kappa shape index (κ1) is 13.7. The number of hydrogen-bond donors (Lipinski definition) is 2. The van der Waals surface area contributed by atoms with Crippen molar-refractivity contribution in [2.24, 2.45) is 0 Å². The summed E-state index contributed by atoms with van der Waals surface area (Å²) < 4.78 is 0. The summed E-state index contributed by atoms with van der Waals surface area (Å²) in [5, 5.41) is 6.79. The minimum absolute atomic E-state index is 0.0118. The zero-order valence-corrected chi connectivity index (χ0v) is 12.9. The molecule has 2 N–H and O–H groups in total. The summed E-state index contributed by atoms with van der Waals surface area (Å²) >= 11 is 1.52. The Labute approximate surface area is 131 Å². The van der Waals surface area contributed by atoms with E-state index in [1.165, 1.54) is 11.3 Å². The lowest BCUT2D eigenvalue weighted by molar-refractivity contribution is 0.0908. The zero-order chi connectivity index (χ0) is 15.1. The average Bonchev–Trinajstić information content (AvgIpc) is 3.16. The van der Waals surface area contributed by atoms with Crippen LogP contribution in [-0.2, 0) is 0 Å². The van der Waals surface area contributed by atoms with Crippen molar-refractivity contribution >= 4 is 17.2 Å². The van der Waals surface area contributed by atoms with Crippen LogP contribution in [-0.4, -0.2) is 21.9 Å². The number of H-pyrrole nitrogens is 1. The molecule has 1 amide bonds. The van der Waals surface area contributed by atoms with Gasteiger partial charge in [-0.25, -0.2) is 4.98 Å². The summed E-state index contributed by atoms with van der Waals surface area (Å²) in [6, 6.07) is 3.62. The van der Waals surface area contributed by atoms with E-state index in [2.05, 4.69) is 15.3 Å². The summed E-state index contributed by atoms with van der Waals surface area (Å²) in [6.45, 7) is 0. The van der Waals surface area contributed by atoms with E-state index < -0.39 is 0 Å². The molecule has 2 fully saturated rings. The van der Waals surface area contributed by atoms with Gasteiger partial charge in [-0.05, 0) is 37.1 Å². The van der Waals surface area contributed by atoms with E-state index in [0.29, 0.717) is 5.92 Å². The third-order valence-corrected chi connectivity index (χ3v) is 5.10. The van der Waals surface area contributed by atoms with Crippen molar-refractivity contribution < 1.29 is 4.79 Å². The normalized spacial score (nSPS) is 23.8. The minimum Gasteiger partial charge on any atom is -0.349 e. The second kappa shape index (κ2) is 5.35. The molecule has 6 heteroatoms. The van der Waals surface area contributed by atoms with Crippen LogP contribution >= 0.6 is 11.3 Å². The molecule has 22 heavy (non-hydrogen) atoms. The van der Waals surface area contributed by atoms with Crippen LogP contribution in [0.5, 0.6) is 0 Å². The van der Waals surface area contributed by atoms with Gasteiger partial charge in [-0.15, -0.1) is 0 Å². The molecule has 0 atom stereocenters. The molecule has 0 radical (unpaired) electrons. The van der Waals surface area contributed by atoms with Crippen LogP contribution in [0.4, 0.5) is 0 Å². The third-order valence-electron chi connectivity index (χ3n) is 4.42. The van der Waals surface area contributed by atoms with E-state index in [9.17, 15) is 9.59 Å². The third kappa shape index (κ3) is 2.70. The van der Waals surface area contributed by atoms with E-state index in [1.807, 2.05) is 16.8 Å². The number of carbonyl (C=O) groups excluding carboxylic acids is 1. The molecule has 0 aromatic carbocycles. The fourth-order valence-corrected chi connectivity index (χ4v) is 3.53. The maximum Gasteiger partial charge on any atom is 0.252 e. The van der Waals surface area contributed by atoms with Crippen LogP contribution in [0.25, 0.3) is 0 Å². The number of hydrogen-bond acceptors (Lipinski definition) is 4. The number of aromatic amines is 1. The van der Waals surface area contributed by atoms with Crippen LogP contribution in [0, 0.1) is 0 Å². The number of thiophene rings is 1. The fraction of sp³-hybridized carbons (Fsp3) is 0.438. The molecule has 2 aliphatic carbocycles. The van der Waals surface area contributed by atoms with E-state index >= 15 is 0 Å². The topological polar surface area (TPSA) is 74.8 Å². The lowest BCUT2D eigenvalue weighted by Crippen LogP contribution is -2.43. The van der Waals surface area contributed by atoms with E-state index in [-0.39, 0.29) is 23.4 Å². The molecule has 2 saturated carbocycles. The van der Waals surface area contributed by atoms with Crippen LogP contribution in [0.2, 0.25) is 0 Å². The van der Waals surface area contributed by atoms with E-state index in [4.69, 9.17) is 0 Å². The smallest absolute Gasteiger partial charge is 0.252 e. The second-order valence-corrected chi connectivity index (χ2v) is 6.96. The maximum atomic E-state index is 12.0. The van der Waals surface area contributed by atoms with Gasteiger partial charge in [0.15, 0.2) is 0 Å². The van der Waals surface area contributed by atoms with Gasteiger partial charge in [-0.1, -0.05) is 0 Å². The highest BCUT2D eigenvalue weighted by atomic mass is 32.1. The SMILES string of the molecule is O=C(NC1CC(c2cc(=O)[nH]c(C3CC3)n2)C1)c1ccsc1. The zero-order valence-electron chi connectivity index (χ0n) is 12.0. The summed E-state index contributed by atoms with van der Waals surface area (Å²) in [6.07, 6.45) is 3.96. The van der Waals surface area contributed by atoms with Crippen molar-refractivity contribution in [2.75, 3.05) is 0 Å². The van der Waals surface area contributed by atoms with E-state index in [1.54, 1.807) is 6.07 Å². The molecule has 2 aliphatic rings. The van der Waals surface area contributed by atoms with Crippen molar-refractivity contribution in [3.05, 3.63) is 50.3 Å². The summed E-state index contributed by atoms with van der Waals surface area (Å²) in [5.41, 5.74) is 1.54. The molecule has 0 saturated heterocycles. The number of aromatic nitrogens is 2. The summed E-state index contributed by atoms with van der Waals surface area (Å²) in [5.74, 6) is 1.56.